The molecule has 0 aromatic rings. The van der Waals surface area contributed by atoms with Crippen molar-refractivity contribution < 1.29 is 4.79 Å². The van der Waals surface area contributed by atoms with Crippen LogP contribution in [0, 0.1) is 0 Å². The van der Waals surface area contributed by atoms with Crippen LogP contribution >= 0.6 is 11.8 Å². The third-order valence-corrected chi connectivity index (χ3v) is 4.39. The van der Waals surface area contributed by atoms with E-state index in [9.17, 15) is 4.79 Å². The molecule has 2 atom stereocenters. The van der Waals surface area contributed by atoms with Gasteiger partial charge in [0.2, 0.25) is 5.91 Å². The number of rotatable bonds is 1. The molecule has 2 unspecified atom stereocenters. The summed E-state index contributed by atoms with van der Waals surface area (Å²) in [6.45, 7) is 15.2. The monoisotopic (exact) mass is 243 g/mol. The Hall–Kier alpha value is -0.180. The lowest BCUT2D eigenvalue weighted by atomic mass is 10.1. The molecule has 0 spiro atoms. The van der Waals surface area contributed by atoms with Crippen LogP contribution in [-0.2, 0) is 4.79 Å². The Kier molecular flexibility index (Phi) is 3.68. The molecule has 0 saturated carbocycles. The molecular weight excluding hydrogens is 218 g/mol. The zero-order valence-electron chi connectivity index (χ0n) is 11.6. The van der Waals surface area contributed by atoms with Crippen molar-refractivity contribution in [1.82, 2.24) is 4.90 Å². The third kappa shape index (κ3) is 3.16. The van der Waals surface area contributed by atoms with Gasteiger partial charge in [0.1, 0.15) is 0 Å². The van der Waals surface area contributed by atoms with E-state index in [4.69, 9.17) is 0 Å². The maximum absolute atomic E-state index is 12.0. The molecule has 0 aromatic heterocycles. The minimum Gasteiger partial charge on any atom is -0.334 e. The number of hydrogen-bond donors (Lipinski definition) is 0. The summed E-state index contributed by atoms with van der Waals surface area (Å²) in [5.74, 6) is 0.307. The Labute approximate surface area is 104 Å². The van der Waals surface area contributed by atoms with Crippen molar-refractivity contribution in [2.75, 3.05) is 0 Å². The van der Waals surface area contributed by atoms with Gasteiger partial charge in [-0.15, -0.1) is 11.8 Å². The first-order valence-electron chi connectivity index (χ1n) is 6.02. The summed E-state index contributed by atoms with van der Waals surface area (Å²) < 4.78 is 0.229. The number of hydrogen-bond acceptors (Lipinski definition) is 2. The highest BCUT2D eigenvalue weighted by Crippen LogP contribution is 2.39. The summed E-state index contributed by atoms with van der Waals surface area (Å²) in [5, 5.41) is 0.437. The Morgan fingerprint density at radius 1 is 1.19 bits per heavy atom. The smallest absolute Gasteiger partial charge is 0.224 e. The van der Waals surface area contributed by atoms with Gasteiger partial charge in [0.15, 0.2) is 0 Å². The van der Waals surface area contributed by atoms with Gasteiger partial charge in [-0.1, -0.05) is 20.8 Å². The average molecular weight is 243 g/mol. The molecule has 0 aliphatic carbocycles. The first kappa shape index (κ1) is 13.9. The summed E-state index contributed by atoms with van der Waals surface area (Å²) in [6.07, 6.45) is 0.695. The maximum atomic E-state index is 12.0. The number of carbonyl (C=O) groups is 1. The molecule has 94 valence electrons. The molecule has 3 heteroatoms. The molecular formula is C13H25NOS. The minimum atomic E-state index is -0.0519. The first-order valence-corrected chi connectivity index (χ1v) is 6.90. The summed E-state index contributed by atoms with van der Waals surface area (Å²) >= 11 is 1.93. The molecule has 1 rings (SSSR count). The van der Waals surface area contributed by atoms with Crippen molar-refractivity contribution in [3.05, 3.63) is 0 Å². The summed E-state index contributed by atoms with van der Waals surface area (Å²) in [4.78, 5) is 14.1. The lowest BCUT2D eigenvalue weighted by Gasteiger charge is -2.37. The van der Waals surface area contributed by atoms with Gasteiger partial charge in [-0.25, -0.2) is 0 Å². The molecule has 1 aliphatic rings. The fourth-order valence-corrected chi connectivity index (χ4v) is 3.87. The first-order chi connectivity index (χ1) is 7.02. The zero-order chi connectivity index (χ0) is 12.7. The highest BCUT2D eigenvalue weighted by atomic mass is 32.2. The van der Waals surface area contributed by atoms with E-state index in [0.29, 0.717) is 23.6 Å². The lowest BCUT2D eigenvalue weighted by Crippen LogP contribution is -2.47. The van der Waals surface area contributed by atoms with E-state index < -0.39 is 0 Å². The summed E-state index contributed by atoms with van der Waals surface area (Å²) in [6, 6.07) is 0.344. The standard InChI is InChI=1S/C13H25NOS/c1-9-10(16-13(5,6)7)8-11(15)14(9)12(2,3)4/h9-10H,8H2,1-7H3. The number of likely N-dealkylation sites (tertiary alicyclic amines) is 1. The Balaban J connectivity index is 2.79. The van der Waals surface area contributed by atoms with Gasteiger partial charge in [0.05, 0.1) is 0 Å². The van der Waals surface area contributed by atoms with E-state index in [1.165, 1.54) is 0 Å². The highest BCUT2D eigenvalue weighted by molar-refractivity contribution is 8.01. The second-order valence-corrected chi connectivity index (χ2v) is 8.71. The fourth-order valence-electron chi connectivity index (χ4n) is 2.41. The average Bonchev–Trinajstić information content (AvgIpc) is 2.21. The lowest BCUT2D eigenvalue weighted by molar-refractivity contribution is -0.133. The van der Waals surface area contributed by atoms with E-state index in [1.807, 2.05) is 11.8 Å². The van der Waals surface area contributed by atoms with Crippen molar-refractivity contribution in [3.63, 3.8) is 0 Å². The fraction of sp³-hybridized carbons (Fsp3) is 0.923. The largest absolute Gasteiger partial charge is 0.334 e. The highest BCUT2D eigenvalue weighted by Gasteiger charge is 2.43. The third-order valence-electron chi connectivity index (χ3n) is 2.82. The topological polar surface area (TPSA) is 20.3 Å². The van der Waals surface area contributed by atoms with Gasteiger partial charge < -0.3 is 4.90 Å². The van der Waals surface area contributed by atoms with E-state index in [0.717, 1.165) is 0 Å². The van der Waals surface area contributed by atoms with Crippen molar-refractivity contribution in [2.45, 2.75) is 76.5 Å². The van der Waals surface area contributed by atoms with Crippen LogP contribution in [-0.4, -0.2) is 32.4 Å². The van der Waals surface area contributed by atoms with Crippen LogP contribution in [0.15, 0.2) is 0 Å². The van der Waals surface area contributed by atoms with Gasteiger partial charge >= 0.3 is 0 Å². The van der Waals surface area contributed by atoms with Gasteiger partial charge in [-0.2, -0.15) is 0 Å². The molecule has 0 radical (unpaired) electrons. The number of nitrogens with zero attached hydrogens (tertiary/aromatic N) is 1. The minimum absolute atomic E-state index is 0.0519. The van der Waals surface area contributed by atoms with Crippen LogP contribution in [0.3, 0.4) is 0 Å². The molecule has 0 N–H and O–H groups in total. The predicted molar refractivity (Wildman–Crippen MR) is 71.8 cm³/mol. The van der Waals surface area contributed by atoms with Crippen molar-refractivity contribution in [3.8, 4) is 0 Å². The molecule has 1 fully saturated rings. The van der Waals surface area contributed by atoms with Crippen molar-refractivity contribution in [2.24, 2.45) is 0 Å². The SMILES string of the molecule is CC1C(SC(C)(C)C)CC(=O)N1C(C)(C)C. The molecule has 0 aromatic carbocycles. The Bertz CT molecular complexity index is 275. The number of amides is 1. The molecule has 1 aliphatic heterocycles. The van der Waals surface area contributed by atoms with E-state index in [2.05, 4.69) is 53.4 Å². The number of carbonyl (C=O) groups excluding carboxylic acids is 1. The second kappa shape index (κ2) is 4.25. The van der Waals surface area contributed by atoms with Crippen LogP contribution in [0.4, 0.5) is 0 Å². The molecule has 1 saturated heterocycles. The van der Waals surface area contributed by atoms with Crippen LogP contribution in [0.1, 0.15) is 54.9 Å². The zero-order valence-corrected chi connectivity index (χ0v) is 12.4. The van der Waals surface area contributed by atoms with Crippen molar-refractivity contribution in [1.29, 1.82) is 0 Å². The molecule has 1 heterocycles. The van der Waals surface area contributed by atoms with Crippen LogP contribution in [0.2, 0.25) is 0 Å². The van der Waals surface area contributed by atoms with Crippen molar-refractivity contribution >= 4 is 17.7 Å². The van der Waals surface area contributed by atoms with Gasteiger partial charge in [0.25, 0.3) is 0 Å². The Morgan fingerprint density at radius 3 is 2.00 bits per heavy atom. The molecule has 1 amide bonds. The predicted octanol–water partition coefficient (Wildman–Crippen LogP) is 3.31. The van der Waals surface area contributed by atoms with E-state index in [1.54, 1.807) is 0 Å². The number of thioether (sulfide) groups is 1. The van der Waals surface area contributed by atoms with Gasteiger partial charge in [0, 0.05) is 28.0 Å². The van der Waals surface area contributed by atoms with Crippen LogP contribution < -0.4 is 0 Å². The summed E-state index contributed by atoms with van der Waals surface area (Å²) in [7, 11) is 0. The van der Waals surface area contributed by atoms with Gasteiger partial charge in [-0.05, 0) is 27.7 Å². The maximum Gasteiger partial charge on any atom is 0.224 e. The Morgan fingerprint density at radius 2 is 1.69 bits per heavy atom. The van der Waals surface area contributed by atoms with Gasteiger partial charge in [-0.3, -0.25) is 4.79 Å². The molecule has 16 heavy (non-hydrogen) atoms. The second-order valence-electron chi connectivity index (χ2n) is 6.65. The van der Waals surface area contributed by atoms with Crippen LogP contribution in [0.25, 0.3) is 0 Å². The normalized spacial score (nSPS) is 27.7. The quantitative estimate of drug-likeness (QED) is 0.704. The van der Waals surface area contributed by atoms with E-state index in [-0.39, 0.29) is 10.3 Å². The molecule has 2 nitrogen and oxygen atoms in total. The van der Waals surface area contributed by atoms with Crippen LogP contribution in [0.5, 0.6) is 0 Å². The summed E-state index contributed by atoms with van der Waals surface area (Å²) in [5.41, 5.74) is -0.0519. The molecule has 0 bridgehead atoms. The van der Waals surface area contributed by atoms with E-state index >= 15 is 0 Å².